The van der Waals surface area contributed by atoms with E-state index in [4.69, 9.17) is 16.3 Å². The lowest BCUT2D eigenvalue weighted by molar-refractivity contribution is -0.137. The average molecular weight is 471 g/mol. The summed E-state index contributed by atoms with van der Waals surface area (Å²) in [5.74, 6) is -0.201. The second-order valence-corrected chi connectivity index (χ2v) is 10.8. The highest BCUT2D eigenvalue weighted by Gasteiger charge is 2.38. The second kappa shape index (κ2) is 9.62. The van der Waals surface area contributed by atoms with Crippen LogP contribution in [-0.2, 0) is 19.7 Å². The number of anilines is 1. The zero-order valence-corrected chi connectivity index (χ0v) is 19.6. The average Bonchev–Trinajstić information content (AvgIpc) is 2.81. The standard InChI is InChI=1S/C21H31ClN4O4S/c1-17-4-5-19(22)15-20(17)23-7-9-24(10-8-23)21(27)18-3-2-6-26(16-18)31(28,29)25-11-13-30-14-12-25/h4-5,15,18H,2-3,6-14,16H2,1H3/t18-/m0/s1. The fourth-order valence-electron chi connectivity index (χ4n) is 4.64. The summed E-state index contributed by atoms with van der Waals surface area (Å²) in [6.45, 7) is 7.17. The number of carbonyl (C=O) groups is 1. The SMILES string of the molecule is Cc1ccc(Cl)cc1N1CCN(C(=O)[C@H]2CCCN(S(=O)(=O)N3CCOCC3)C2)CC1. The van der Waals surface area contributed by atoms with Crippen LogP contribution in [0.3, 0.4) is 0 Å². The molecular weight excluding hydrogens is 440 g/mol. The van der Waals surface area contributed by atoms with E-state index in [1.165, 1.54) is 14.2 Å². The summed E-state index contributed by atoms with van der Waals surface area (Å²) in [5, 5.41) is 0.711. The topological polar surface area (TPSA) is 73.4 Å². The fraction of sp³-hybridized carbons (Fsp3) is 0.667. The Balaban J connectivity index is 1.36. The quantitative estimate of drug-likeness (QED) is 0.668. The van der Waals surface area contributed by atoms with E-state index in [0.717, 1.165) is 25.2 Å². The number of piperazine rings is 1. The summed E-state index contributed by atoms with van der Waals surface area (Å²) in [7, 11) is -3.54. The van der Waals surface area contributed by atoms with Crippen LogP contribution < -0.4 is 4.90 Å². The summed E-state index contributed by atoms with van der Waals surface area (Å²) in [5.41, 5.74) is 2.28. The lowest BCUT2D eigenvalue weighted by Gasteiger charge is -2.40. The molecule has 1 aromatic carbocycles. The lowest BCUT2D eigenvalue weighted by atomic mass is 9.97. The molecule has 3 aliphatic heterocycles. The van der Waals surface area contributed by atoms with Crippen molar-refractivity contribution in [3.63, 3.8) is 0 Å². The maximum absolute atomic E-state index is 13.2. The van der Waals surface area contributed by atoms with Crippen molar-refractivity contribution in [1.82, 2.24) is 13.5 Å². The van der Waals surface area contributed by atoms with E-state index in [9.17, 15) is 13.2 Å². The molecule has 0 unspecified atom stereocenters. The molecule has 1 aromatic rings. The molecule has 10 heteroatoms. The van der Waals surface area contributed by atoms with E-state index < -0.39 is 10.2 Å². The smallest absolute Gasteiger partial charge is 0.282 e. The van der Waals surface area contributed by atoms with Gasteiger partial charge in [0.25, 0.3) is 10.2 Å². The molecule has 31 heavy (non-hydrogen) atoms. The van der Waals surface area contributed by atoms with Crippen LogP contribution in [0.15, 0.2) is 18.2 Å². The number of morpholine rings is 1. The summed E-state index contributed by atoms with van der Waals surface area (Å²) < 4.78 is 34.3. The van der Waals surface area contributed by atoms with Gasteiger partial charge in [-0.05, 0) is 37.5 Å². The number of aryl methyl sites for hydroxylation is 1. The summed E-state index contributed by atoms with van der Waals surface area (Å²) in [6, 6.07) is 5.88. The second-order valence-electron chi connectivity index (χ2n) is 8.46. The Morgan fingerprint density at radius 2 is 1.74 bits per heavy atom. The Kier molecular flexibility index (Phi) is 7.07. The molecule has 1 amide bonds. The number of piperidine rings is 1. The van der Waals surface area contributed by atoms with Gasteiger partial charge in [0.05, 0.1) is 19.1 Å². The number of rotatable bonds is 4. The predicted octanol–water partition coefficient (Wildman–Crippen LogP) is 1.59. The fourth-order valence-corrected chi connectivity index (χ4v) is 6.47. The van der Waals surface area contributed by atoms with E-state index in [1.54, 1.807) is 0 Å². The van der Waals surface area contributed by atoms with Crippen LogP contribution in [0.25, 0.3) is 0 Å². The Labute approximate surface area is 189 Å². The Bertz CT molecular complexity index is 899. The maximum Gasteiger partial charge on any atom is 0.282 e. The van der Waals surface area contributed by atoms with Crippen LogP contribution in [0.2, 0.25) is 5.02 Å². The molecular formula is C21H31ClN4O4S. The summed E-state index contributed by atoms with van der Waals surface area (Å²) in [4.78, 5) is 17.4. The van der Waals surface area contributed by atoms with Gasteiger partial charge in [-0.25, -0.2) is 0 Å². The molecule has 1 atom stereocenters. The minimum atomic E-state index is -3.54. The van der Waals surface area contributed by atoms with Crippen molar-refractivity contribution in [3.8, 4) is 0 Å². The molecule has 0 radical (unpaired) electrons. The van der Waals surface area contributed by atoms with Gasteiger partial charge in [-0.3, -0.25) is 4.79 Å². The first-order valence-electron chi connectivity index (χ1n) is 11.0. The zero-order chi connectivity index (χ0) is 22.0. The molecule has 0 saturated carbocycles. The summed E-state index contributed by atoms with van der Waals surface area (Å²) in [6.07, 6.45) is 1.45. The van der Waals surface area contributed by atoms with Crippen LogP contribution in [-0.4, -0.2) is 93.4 Å². The molecule has 0 bridgehead atoms. The number of benzene rings is 1. The van der Waals surface area contributed by atoms with Gasteiger partial charge in [-0.2, -0.15) is 17.0 Å². The van der Waals surface area contributed by atoms with Crippen molar-refractivity contribution in [2.24, 2.45) is 5.92 Å². The number of hydrogen-bond acceptors (Lipinski definition) is 5. The lowest BCUT2D eigenvalue weighted by Crippen LogP contribution is -2.55. The molecule has 3 heterocycles. The van der Waals surface area contributed by atoms with E-state index in [2.05, 4.69) is 11.8 Å². The molecule has 0 spiro atoms. The number of halogens is 1. The van der Waals surface area contributed by atoms with Gasteiger partial charge in [-0.15, -0.1) is 0 Å². The van der Waals surface area contributed by atoms with Crippen molar-refractivity contribution in [2.75, 3.05) is 70.5 Å². The third-order valence-electron chi connectivity index (χ3n) is 6.46. The first kappa shape index (κ1) is 22.8. The first-order chi connectivity index (χ1) is 14.9. The van der Waals surface area contributed by atoms with E-state index in [1.807, 2.05) is 23.1 Å². The van der Waals surface area contributed by atoms with Gasteiger partial charge in [-0.1, -0.05) is 17.7 Å². The van der Waals surface area contributed by atoms with Crippen LogP contribution in [0, 0.1) is 12.8 Å². The number of amides is 1. The van der Waals surface area contributed by atoms with Gasteiger partial charge in [0.2, 0.25) is 5.91 Å². The third-order valence-corrected chi connectivity index (χ3v) is 8.70. The third kappa shape index (κ3) is 5.01. The van der Waals surface area contributed by atoms with Crippen LogP contribution in [0.4, 0.5) is 5.69 Å². The monoisotopic (exact) mass is 470 g/mol. The predicted molar refractivity (Wildman–Crippen MR) is 121 cm³/mol. The minimum Gasteiger partial charge on any atom is -0.379 e. The van der Waals surface area contributed by atoms with E-state index in [0.29, 0.717) is 57.4 Å². The molecule has 4 rings (SSSR count). The van der Waals surface area contributed by atoms with E-state index >= 15 is 0 Å². The van der Waals surface area contributed by atoms with Crippen LogP contribution in [0.5, 0.6) is 0 Å². The van der Waals surface area contributed by atoms with Gasteiger partial charge < -0.3 is 14.5 Å². The highest BCUT2D eigenvalue weighted by Crippen LogP contribution is 2.27. The molecule has 3 aliphatic rings. The molecule has 0 aliphatic carbocycles. The largest absolute Gasteiger partial charge is 0.379 e. The Morgan fingerprint density at radius 3 is 2.45 bits per heavy atom. The minimum absolute atomic E-state index is 0.0735. The van der Waals surface area contributed by atoms with Gasteiger partial charge in [0.1, 0.15) is 0 Å². The first-order valence-corrected chi connectivity index (χ1v) is 12.8. The van der Waals surface area contributed by atoms with Gasteiger partial charge in [0, 0.05) is 63.1 Å². The Hall–Kier alpha value is -1.39. The maximum atomic E-state index is 13.2. The van der Waals surface area contributed by atoms with Crippen molar-refractivity contribution in [2.45, 2.75) is 19.8 Å². The Morgan fingerprint density at radius 1 is 1.03 bits per heavy atom. The van der Waals surface area contributed by atoms with E-state index in [-0.39, 0.29) is 18.4 Å². The highest BCUT2D eigenvalue weighted by atomic mass is 35.5. The number of hydrogen-bond donors (Lipinski definition) is 0. The zero-order valence-electron chi connectivity index (χ0n) is 18.0. The molecule has 3 fully saturated rings. The summed E-state index contributed by atoms with van der Waals surface area (Å²) >= 11 is 6.17. The normalized spacial score (nSPS) is 24.4. The molecule has 0 N–H and O–H groups in total. The molecule has 8 nitrogen and oxygen atoms in total. The molecule has 0 aromatic heterocycles. The molecule has 3 saturated heterocycles. The number of carbonyl (C=O) groups excluding carboxylic acids is 1. The van der Waals surface area contributed by atoms with Gasteiger partial charge >= 0.3 is 0 Å². The number of ether oxygens (including phenoxy) is 1. The van der Waals surface area contributed by atoms with Crippen molar-refractivity contribution < 1.29 is 17.9 Å². The van der Waals surface area contributed by atoms with Crippen LogP contribution >= 0.6 is 11.6 Å². The number of nitrogens with zero attached hydrogens (tertiary/aromatic N) is 4. The van der Waals surface area contributed by atoms with Crippen molar-refractivity contribution in [1.29, 1.82) is 0 Å². The van der Waals surface area contributed by atoms with Crippen molar-refractivity contribution >= 4 is 33.4 Å². The van der Waals surface area contributed by atoms with Crippen molar-refractivity contribution in [3.05, 3.63) is 28.8 Å². The van der Waals surface area contributed by atoms with Gasteiger partial charge in [0.15, 0.2) is 0 Å². The highest BCUT2D eigenvalue weighted by molar-refractivity contribution is 7.86. The van der Waals surface area contributed by atoms with Crippen LogP contribution in [0.1, 0.15) is 18.4 Å². The molecule has 172 valence electrons.